The summed E-state index contributed by atoms with van der Waals surface area (Å²) in [7, 11) is 4.04. The molecule has 0 unspecified atom stereocenters. The fourth-order valence-corrected chi connectivity index (χ4v) is 5.05. The smallest absolute Gasteiger partial charge is 0.338 e. The number of carbonyl (C=O) groups is 5. The van der Waals surface area contributed by atoms with E-state index in [1.54, 1.807) is 12.1 Å². The number of ether oxygens (including phenoxy) is 8. The normalized spacial score (nSPS) is 11.6. The largest absolute Gasteiger partial charge is 0.496 e. The van der Waals surface area contributed by atoms with E-state index in [9.17, 15) is 24.0 Å². The van der Waals surface area contributed by atoms with Gasteiger partial charge in [-0.15, -0.1) is 0 Å². The maximum atomic E-state index is 14.0. The van der Waals surface area contributed by atoms with Gasteiger partial charge in [0.15, 0.2) is 17.6 Å². The van der Waals surface area contributed by atoms with Crippen molar-refractivity contribution in [3.8, 4) is 34.5 Å². The van der Waals surface area contributed by atoms with Crippen molar-refractivity contribution >= 4 is 29.8 Å². The SMILES string of the molecule is COc1cc(OC(C)=O)ccc1[C@H](OC(C)=O)[C@@H](Cc1ccc(OC(C)=O)c(CC=C(C)C)c1)OC(=O)c1cc(OC)c(OC(C)=O)c(OC)c1. The second kappa shape index (κ2) is 18.2. The van der Waals surface area contributed by atoms with E-state index in [4.69, 9.17) is 37.9 Å². The van der Waals surface area contributed by atoms with Crippen LogP contribution in [0.5, 0.6) is 34.5 Å². The first kappa shape index (κ1) is 39.6. The standard InChI is InChI=1S/C38H42O13/c1-21(2)10-12-27-16-26(11-15-31(27)48-23(4)40)17-35(36(49-24(5)41)30-14-13-29(47-22(3)39)20-32(30)44-7)51-38(43)28-18-33(45-8)37(50-25(6)42)34(19-28)46-9/h10-11,13-16,18-20,35-36H,12,17H2,1-9H3/t35-,36+/m1/s1. The number of benzene rings is 3. The Morgan fingerprint density at radius 3 is 1.76 bits per heavy atom. The summed E-state index contributed by atoms with van der Waals surface area (Å²) < 4.78 is 44.2. The first-order valence-electron chi connectivity index (χ1n) is 15.8. The average Bonchev–Trinajstić information content (AvgIpc) is 3.06. The van der Waals surface area contributed by atoms with Crippen LogP contribution in [0, 0.1) is 0 Å². The van der Waals surface area contributed by atoms with Crippen LogP contribution < -0.4 is 28.4 Å². The summed E-state index contributed by atoms with van der Waals surface area (Å²) in [5, 5.41) is 0. The topological polar surface area (TPSA) is 159 Å². The summed E-state index contributed by atoms with van der Waals surface area (Å²) in [6.07, 6.45) is -0.0279. The van der Waals surface area contributed by atoms with Crippen LogP contribution in [0.3, 0.4) is 0 Å². The van der Waals surface area contributed by atoms with E-state index >= 15 is 0 Å². The Balaban J connectivity index is 2.21. The fraction of sp³-hybridized carbons (Fsp3) is 0.342. The number of methoxy groups -OCH3 is 3. The number of carbonyl (C=O) groups excluding carboxylic acids is 5. The maximum Gasteiger partial charge on any atom is 0.338 e. The van der Waals surface area contributed by atoms with E-state index in [1.807, 2.05) is 26.0 Å². The minimum Gasteiger partial charge on any atom is -0.496 e. The lowest BCUT2D eigenvalue weighted by molar-refractivity contribution is -0.153. The minimum atomic E-state index is -1.24. The monoisotopic (exact) mass is 706 g/mol. The highest BCUT2D eigenvalue weighted by Crippen LogP contribution is 2.40. The van der Waals surface area contributed by atoms with Crippen LogP contribution in [0.2, 0.25) is 0 Å². The second-order valence-corrected chi connectivity index (χ2v) is 11.5. The van der Waals surface area contributed by atoms with Crippen molar-refractivity contribution in [2.24, 2.45) is 0 Å². The molecule has 0 saturated heterocycles. The Kier molecular flexibility index (Phi) is 14.2. The zero-order valence-electron chi connectivity index (χ0n) is 30.1. The summed E-state index contributed by atoms with van der Waals surface area (Å²) in [5.74, 6) is -2.48. The third-order valence-corrected chi connectivity index (χ3v) is 7.15. The van der Waals surface area contributed by atoms with E-state index in [-0.39, 0.29) is 40.7 Å². The number of esters is 5. The molecule has 0 heterocycles. The van der Waals surface area contributed by atoms with Crippen LogP contribution in [0.25, 0.3) is 0 Å². The minimum absolute atomic E-state index is 0.000508. The van der Waals surface area contributed by atoms with Gasteiger partial charge < -0.3 is 37.9 Å². The molecule has 0 radical (unpaired) electrons. The number of allylic oxidation sites excluding steroid dienone is 2. The van der Waals surface area contributed by atoms with Gasteiger partial charge in [-0.1, -0.05) is 23.8 Å². The van der Waals surface area contributed by atoms with Crippen molar-refractivity contribution in [1.82, 2.24) is 0 Å². The first-order valence-corrected chi connectivity index (χ1v) is 15.8. The Hall–Kier alpha value is -5.85. The Bertz CT molecular complexity index is 1780. The van der Waals surface area contributed by atoms with Gasteiger partial charge in [0.2, 0.25) is 5.75 Å². The van der Waals surface area contributed by atoms with Crippen molar-refractivity contribution in [3.05, 3.63) is 82.4 Å². The van der Waals surface area contributed by atoms with Crippen LogP contribution >= 0.6 is 0 Å². The van der Waals surface area contributed by atoms with Gasteiger partial charge in [-0.05, 0) is 61.7 Å². The van der Waals surface area contributed by atoms with Crippen molar-refractivity contribution in [3.63, 3.8) is 0 Å². The van der Waals surface area contributed by atoms with Crippen LogP contribution in [-0.4, -0.2) is 57.3 Å². The highest BCUT2D eigenvalue weighted by atomic mass is 16.6. The molecule has 0 N–H and O–H groups in total. The van der Waals surface area contributed by atoms with Gasteiger partial charge in [-0.25, -0.2) is 4.79 Å². The lowest BCUT2D eigenvalue weighted by Gasteiger charge is -2.29. The van der Waals surface area contributed by atoms with Crippen LogP contribution in [-0.2, 0) is 41.5 Å². The molecule has 3 aromatic rings. The van der Waals surface area contributed by atoms with Gasteiger partial charge in [0, 0.05) is 45.7 Å². The van der Waals surface area contributed by atoms with Crippen LogP contribution in [0.1, 0.15) is 74.7 Å². The molecular weight excluding hydrogens is 664 g/mol. The quantitative estimate of drug-likeness (QED) is 0.102. The fourth-order valence-electron chi connectivity index (χ4n) is 5.05. The Morgan fingerprint density at radius 1 is 0.627 bits per heavy atom. The van der Waals surface area contributed by atoms with Gasteiger partial charge in [0.1, 0.15) is 23.4 Å². The van der Waals surface area contributed by atoms with Crippen molar-refractivity contribution in [2.45, 2.75) is 66.6 Å². The van der Waals surface area contributed by atoms with Crippen molar-refractivity contribution in [1.29, 1.82) is 0 Å². The molecule has 0 fully saturated rings. The summed E-state index contributed by atoms with van der Waals surface area (Å²) in [6.45, 7) is 8.85. The molecule has 0 aliphatic carbocycles. The zero-order chi connectivity index (χ0) is 37.8. The van der Waals surface area contributed by atoms with E-state index < -0.39 is 42.1 Å². The number of hydrogen-bond acceptors (Lipinski definition) is 13. The molecule has 3 aromatic carbocycles. The predicted octanol–water partition coefficient (Wildman–Crippen LogP) is 6.07. The average molecular weight is 707 g/mol. The van der Waals surface area contributed by atoms with Gasteiger partial charge in [-0.3, -0.25) is 19.2 Å². The Labute approximate surface area is 296 Å². The molecule has 2 atom stereocenters. The van der Waals surface area contributed by atoms with Gasteiger partial charge in [0.25, 0.3) is 0 Å². The third kappa shape index (κ3) is 11.3. The molecule has 13 heteroatoms. The molecule has 0 amide bonds. The number of hydrogen-bond donors (Lipinski definition) is 0. The summed E-state index contributed by atoms with van der Waals surface area (Å²) in [6, 6.07) is 12.3. The molecule has 51 heavy (non-hydrogen) atoms. The van der Waals surface area contributed by atoms with Gasteiger partial charge in [0.05, 0.1) is 26.9 Å². The van der Waals surface area contributed by atoms with Gasteiger partial charge >= 0.3 is 29.8 Å². The second-order valence-electron chi connectivity index (χ2n) is 11.5. The molecule has 0 saturated carbocycles. The molecule has 0 aliphatic rings. The van der Waals surface area contributed by atoms with Crippen LogP contribution in [0.15, 0.2) is 60.2 Å². The van der Waals surface area contributed by atoms with Gasteiger partial charge in [-0.2, -0.15) is 0 Å². The van der Waals surface area contributed by atoms with E-state index in [0.717, 1.165) is 5.57 Å². The lowest BCUT2D eigenvalue weighted by Crippen LogP contribution is -2.31. The third-order valence-electron chi connectivity index (χ3n) is 7.15. The summed E-state index contributed by atoms with van der Waals surface area (Å²) >= 11 is 0. The molecule has 0 bridgehead atoms. The van der Waals surface area contributed by atoms with Crippen molar-refractivity contribution < 1.29 is 61.9 Å². The van der Waals surface area contributed by atoms with Crippen molar-refractivity contribution in [2.75, 3.05) is 21.3 Å². The van der Waals surface area contributed by atoms with E-state index in [0.29, 0.717) is 28.9 Å². The molecule has 3 rings (SSSR count). The highest BCUT2D eigenvalue weighted by Gasteiger charge is 2.34. The molecule has 0 aromatic heterocycles. The Morgan fingerprint density at radius 2 is 1.24 bits per heavy atom. The zero-order valence-corrected chi connectivity index (χ0v) is 30.1. The molecule has 0 spiro atoms. The number of rotatable bonds is 15. The maximum absolute atomic E-state index is 14.0. The summed E-state index contributed by atoms with van der Waals surface area (Å²) in [4.78, 5) is 61.8. The predicted molar refractivity (Wildman–Crippen MR) is 183 cm³/mol. The first-order chi connectivity index (χ1) is 24.1. The van der Waals surface area contributed by atoms with E-state index in [1.165, 1.54) is 79.4 Å². The molecule has 0 aliphatic heterocycles. The molecule has 13 nitrogen and oxygen atoms in total. The van der Waals surface area contributed by atoms with E-state index in [2.05, 4.69) is 0 Å². The van der Waals surface area contributed by atoms with Crippen LogP contribution in [0.4, 0.5) is 0 Å². The molecular formula is C38H42O13. The summed E-state index contributed by atoms with van der Waals surface area (Å²) in [5.41, 5.74) is 2.66. The molecule has 272 valence electrons. The lowest BCUT2D eigenvalue weighted by atomic mass is 9.95. The highest BCUT2D eigenvalue weighted by molar-refractivity contribution is 5.91.